The van der Waals surface area contributed by atoms with Crippen LogP contribution >= 0.6 is 23.1 Å². The van der Waals surface area contributed by atoms with Crippen LogP contribution in [0, 0.1) is 13.8 Å². The lowest BCUT2D eigenvalue weighted by atomic mass is 10.0. The second kappa shape index (κ2) is 8.43. The zero-order valence-electron chi connectivity index (χ0n) is 17.8. The minimum Gasteiger partial charge on any atom is -0.336 e. The Hall–Kier alpha value is -2.71. The van der Waals surface area contributed by atoms with Gasteiger partial charge in [-0.3, -0.25) is 0 Å². The summed E-state index contributed by atoms with van der Waals surface area (Å²) >= 11 is 3.27. The first kappa shape index (κ1) is 20.2. The van der Waals surface area contributed by atoms with Gasteiger partial charge in [0.15, 0.2) is 0 Å². The van der Waals surface area contributed by atoms with Gasteiger partial charge in [0.2, 0.25) is 11.1 Å². The zero-order chi connectivity index (χ0) is 21.4. The molecule has 0 saturated heterocycles. The minimum atomic E-state index is 0.0468. The zero-order valence-corrected chi connectivity index (χ0v) is 19.5. The van der Waals surface area contributed by atoms with Crippen molar-refractivity contribution in [3.8, 4) is 0 Å². The van der Waals surface area contributed by atoms with Crippen molar-refractivity contribution in [2.75, 3.05) is 6.54 Å². The van der Waals surface area contributed by atoms with Gasteiger partial charge in [0, 0.05) is 13.1 Å². The smallest absolute Gasteiger partial charge is 0.234 e. The maximum absolute atomic E-state index is 4.98. The van der Waals surface area contributed by atoms with Crippen molar-refractivity contribution < 1.29 is 0 Å². The molecule has 0 unspecified atom stereocenters. The number of rotatable bonds is 2. The van der Waals surface area contributed by atoms with E-state index in [9.17, 15) is 0 Å². The van der Waals surface area contributed by atoms with Gasteiger partial charge in [0.05, 0.1) is 5.04 Å². The highest BCUT2D eigenvalue weighted by Crippen LogP contribution is 2.41. The molecule has 2 aromatic carbocycles. The van der Waals surface area contributed by atoms with Crippen LogP contribution in [-0.4, -0.2) is 37.7 Å². The highest BCUT2D eigenvalue weighted by molar-refractivity contribution is 8.14. The average Bonchev–Trinajstić information content (AvgIpc) is 3.37. The monoisotopic (exact) mass is 448 g/mol. The molecule has 3 heterocycles. The fourth-order valence-electron chi connectivity index (χ4n) is 3.88. The van der Waals surface area contributed by atoms with Crippen LogP contribution in [0.1, 0.15) is 39.6 Å². The summed E-state index contributed by atoms with van der Waals surface area (Å²) in [6.45, 7) is 7.83. The predicted molar refractivity (Wildman–Crippen MR) is 129 cm³/mol. The maximum atomic E-state index is 4.98. The van der Waals surface area contributed by atoms with E-state index in [1.807, 2.05) is 6.92 Å². The van der Waals surface area contributed by atoms with Crippen LogP contribution in [0.5, 0.6) is 0 Å². The number of nitrogens with zero attached hydrogens (tertiary/aromatic N) is 6. The average molecular weight is 449 g/mol. The normalized spacial score (nSPS) is 18.9. The molecule has 0 radical (unpaired) electrons. The van der Waals surface area contributed by atoms with E-state index in [1.165, 1.54) is 33.6 Å². The van der Waals surface area contributed by atoms with E-state index >= 15 is 0 Å². The summed E-state index contributed by atoms with van der Waals surface area (Å²) in [6, 6.07) is 17.3. The number of fused-ring (bicyclic) bond motifs is 1. The largest absolute Gasteiger partial charge is 0.336 e. The van der Waals surface area contributed by atoms with Crippen LogP contribution in [0.15, 0.2) is 58.6 Å². The lowest BCUT2D eigenvalue weighted by Crippen LogP contribution is -2.44. The van der Waals surface area contributed by atoms with E-state index in [-0.39, 0.29) is 5.37 Å². The van der Waals surface area contributed by atoms with Crippen molar-refractivity contribution >= 4 is 39.2 Å². The van der Waals surface area contributed by atoms with Crippen LogP contribution in [0.2, 0.25) is 0 Å². The number of hydrogen-bond donors (Lipinski definition) is 0. The van der Waals surface area contributed by atoms with E-state index < -0.39 is 0 Å². The van der Waals surface area contributed by atoms with Gasteiger partial charge in [-0.15, -0.1) is 10.2 Å². The molecule has 6 nitrogen and oxygen atoms in total. The standard InChI is InChI=1S/C23H24N6S2/c1-15-8-10-19(11-9-15)21-29(27-17(3)30-21)23(24-22-26-25-16(2)31-22)28-13-12-18-6-4-5-7-20(18)14-28/h4-11,21H,12-14H2,1-3H3/b24-23+/t21-/m0/s1. The van der Waals surface area contributed by atoms with Crippen molar-refractivity contribution in [2.24, 2.45) is 10.1 Å². The highest BCUT2D eigenvalue weighted by atomic mass is 32.2. The molecule has 0 spiro atoms. The predicted octanol–water partition coefficient (Wildman–Crippen LogP) is 5.28. The van der Waals surface area contributed by atoms with E-state index in [4.69, 9.17) is 10.1 Å². The minimum absolute atomic E-state index is 0.0468. The Kier molecular flexibility index (Phi) is 5.50. The second-order valence-corrected chi connectivity index (χ2v) is 10.2. The summed E-state index contributed by atoms with van der Waals surface area (Å²) in [5.41, 5.74) is 5.22. The Labute approximate surface area is 190 Å². The first-order valence-electron chi connectivity index (χ1n) is 10.3. The van der Waals surface area contributed by atoms with E-state index in [0.29, 0.717) is 5.13 Å². The van der Waals surface area contributed by atoms with Crippen LogP contribution in [0.25, 0.3) is 0 Å². The van der Waals surface area contributed by atoms with Crippen molar-refractivity contribution in [1.29, 1.82) is 0 Å². The number of thioether (sulfide) groups is 1. The molecule has 2 aliphatic rings. The van der Waals surface area contributed by atoms with Gasteiger partial charge >= 0.3 is 0 Å². The molecule has 0 amide bonds. The number of aliphatic imine (C=N–C) groups is 1. The molecule has 1 aromatic heterocycles. The van der Waals surface area contributed by atoms with Crippen molar-refractivity contribution in [2.45, 2.75) is 39.1 Å². The highest BCUT2D eigenvalue weighted by Gasteiger charge is 2.34. The van der Waals surface area contributed by atoms with E-state index in [1.54, 1.807) is 11.8 Å². The van der Waals surface area contributed by atoms with Crippen LogP contribution in [-0.2, 0) is 13.0 Å². The second-order valence-electron chi connectivity index (χ2n) is 7.80. The molecule has 8 heteroatoms. The summed E-state index contributed by atoms with van der Waals surface area (Å²) in [4.78, 5) is 7.30. The number of hydrazone groups is 1. The molecule has 0 saturated carbocycles. The molecule has 0 aliphatic carbocycles. The van der Waals surface area contributed by atoms with Gasteiger partial charge in [0.1, 0.15) is 10.4 Å². The van der Waals surface area contributed by atoms with Gasteiger partial charge < -0.3 is 4.90 Å². The van der Waals surface area contributed by atoms with Crippen LogP contribution in [0.3, 0.4) is 0 Å². The first-order valence-corrected chi connectivity index (χ1v) is 12.0. The van der Waals surface area contributed by atoms with Gasteiger partial charge in [-0.1, -0.05) is 77.2 Å². The molecule has 2 aliphatic heterocycles. The Morgan fingerprint density at radius 1 is 1.00 bits per heavy atom. The van der Waals surface area contributed by atoms with Crippen molar-refractivity contribution in [3.05, 3.63) is 75.8 Å². The van der Waals surface area contributed by atoms with E-state index in [2.05, 4.69) is 82.5 Å². The third-order valence-electron chi connectivity index (χ3n) is 5.44. The molecule has 0 bridgehead atoms. The molecule has 158 valence electrons. The molecule has 3 aromatic rings. The topological polar surface area (TPSA) is 57.0 Å². The number of hydrogen-bond acceptors (Lipinski definition) is 6. The molecule has 5 rings (SSSR count). The number of benzene rings is 2. The number of aromatic nitrogens is 2. The van der Waals surface area contributed by atoms with Gasteiger partial charge in [-0.05, 0) is 43.9 Å². The molecule has 0 fully saturated rings. The quantitative estimate of drug-likeness (QED) is 0.394. The molecule has 1 atom stereocenters. The van der Waals surface area contributed by atoms with Gasteiger partial charge in [-0.2, -0.15) is 10.1 Å². The first-order chi connectivity index (χ1) is 15.1. The summed E-state index contributed by atoms with van der Waals surface area (Å²) in [5.74, 6) is 0.834. The van der Waals surface area contributed by atoms with Crippen molar-refractivity contribution in [3.63, 3.8) is 0 Å². The molecule has 31 heavy (non-hydrogen) atoms. The number of aryl methyl sites for hydroxylation is 2. The van der Waals surface area contributed by atoms with E-state index in [0.717, 1.165) is 35.5 Å². The molecular formula is C23H24N6S2. The SMILES string of the molecule is CC1=NN(/C(=N/c2nnc(C)s2)N2CCc3ccccc3C2)[C@H](c2ccc(C)cc2)S1. The molecular weight excluding hydrogens is 424 g/mol. The number of guanidine groups is 1. The summed E-state index contributed by atoms with van der Waals surface area (Å²) in [5, 5.41) is 18.0. The Bertz CT molecular complexity index is 1150. The lowest BCUT2D eigenvalue weighted by Gasteiger charge is -2.35. The Morgan fingerprint density at radius 2 is 1.77 bits per heavy atom. The third-order valence-corrected chi connectivity index (χ3v) is 7.30. The summed E-state index contributed by atoms with van der Waals surface area (Å²) in [6.07, 6.45) is 0.989. The summed E-state index contributed by atoms with van der Waals surface area (Å²) in [7, 11) is 0. The Morgan fingerprint density at radius 3 is 2.52 bits per heavy atom. The van der Waals surface area contributed by atoms with Gasteiger partial charge in [0.25, 0.3) is 0 Å². The third kappa shape index (κ3) is 4.22. The lowest BCUT2D eigenvalue weighted by molar-refractivity contribution is 0.305. The van der Waals surface area contributed by atoms with Crippen LogP contribution < -0.4 is 0 Å². The fraction of sp³-hybridized carbons (Fsp3) is 0.304. The van der Waals surface area contributed by atoms with Crippen molar-refractivity contribution in [1.82, 2.24) is 20.1 Å². The van der Waals surface area contributed by atoms with Gasteiger partial charge in [-0.25, -0.2) is 5.01 Å². The van der Waals surface area contributed by atoms with Crippen LogP contribution in [0.4, 0.5) is 5.13 Å². The maximum Gasteiger partial charge on any atom is 0.234 e. The Balaban J connectivity index is 1.55. The fourth-order valence-corrected chi connectivity index (χ4v) is 5.43. The molecule has 0 N–H and O–H groups in total. The summed E-state index contributed by atoms with van der Waals surface area (Å²) < 4.78 is 0.